The lowest BCUT2D eigenvalue weighted by atomic mass is 9.73. The third-order valence-electron chi connectivity index (χ3n) is 7.66. The van der Waals surface area contributed by atoms with E-state index in [0.717, 1.165) is 17.1 Å². The zero-order valence-corrected chi connectivity index (χ0v) is 22.9. The van der Waals surface area contributed by atoms with Crippen molar-refractivity contribution in [1.82, 2.24) is 15.4 Å². The van der Waals surface area contributed by atoms with Crippen LogP contribution in [0.25, 0.3) is 10.9 Å². The number of hydrogen-bond donors (Lipinski definition) is 4. The normalized spacial score (nSPS) is 16.2. The third-order valence-corrected chi connectivity index (χ3v) is 8.73. The fraction of sp³-hybridized carbons (Fsp3) is 0.429. The average molecular weight is 579 g/mol. The molecule has 1 aromatic heterocycles. The van der Waals surface area contributed by atoms with Gasteiger partial charge in [-0.3, -0.25) is 15.0 Å². The van der Waals surface area contributed by atoms with Crippen molar-refractivity contribution in [3.8, 4) is 5.75 Å². The molecule has 216 valence electrons. The van der Waals surface area contributed by atoms with Crippen LogP contribution in [0.4, 0.5) is 13.2 Å². The van der Waals surface area contributed by atoms with Crippen LogP contribution in [0.2, 0.25) is 0 Å². The van der Waals surface area contributed by atoms with Gasteiger partial charge >= 0.3 is 0 Å². The number of hydroxylamine groups is 1. The second kappa shape index (κ2) is 13.2. The standard InChI is InChI=1S/C28H33F3N4O4S/c1-39-19-2-3-23-20(14-19)25(17(15-32)16-33-23)24(36)4-5-28(27(37)34-38)6-8-35(9-7-28)10-11-40-26-21(30)12-18(29)13-22(26)31/h2-3,12-14,16,24,36,38H,4-11,15,32H2,1H3,(H,34,37)/t24-/m1/s1. The van der Waals surface area contributed by atoms with Gasteiger partial charge in [-0.05, 0) is 68.1 Å². The van der Waals surface area contributed by atoms with Gasteiger partial charge in [-0.15, -0.1) is 11.8 Å². The predicted octanol–water partition coefficient (Wildman–Crippen LogP) is 4.31. The summed E-state index contributed by atoms with van der Waals surface area (Å²) in [7, 11) is 1.55. The first-order valence-electron chi connectivity index (χ1n) is 13.0. The van der Waals surface area contributed by atoms with E-state index in [1.165, 1.54) is 0 Å². The molecule has 1 fully saturated rings. The minimum Gasteiger partial charge on any atom is -0.497 e. The number of methoxy groups -OCH3 is 1. The van der Waals surface area contributed by atoms with E-state index in [9.17, 15) is 28.3 Å². The molecule has 0 radical (unpaired) electrons. The Hall–Kier alpha value is -2.90. The van der Waals surface area contributed by atoms with Crippen LogP contribution in [-0.2, 0) is 11.3 Å². The Morgan fingerprint density at radius 3 is 2.55 bits per heavy atom. The van der Waals surface area contributed by atoms with Gasteiger partial charge in [0.15, 0.2) is 0 Å². The number of nitrogens with zero attached hydrogens (tertiary/aromatic N) is 2. The fourth-order valence-corrected chi connectivity index (χ4v) is 6.28. The van der Waals surface area contributed by atoms with E-state index in [1.54, 1.807) is 37.0 Å². The fourth-order valence-electron chi connectivity index (χ4n) is 5.33. The van der Waals surface area contributed by atoms with Gasteiger partial charge in [0.25, 0.3) is 0 Å². The molecule has 40 heavy (non-hydrogen) atoms. The number of pyridine rings is 1. The Balaban J connectivity index is 1.42. The van der Waals surface area contributed by atoms with Crippen molar-refractivity contribution in [2.75, 3.05) is 32.5 Å². The van der Waals surface area contributed by atoms with Gasteiger partial charge in [-0.1, -0.05) is 0 Å². The second-order valence-electron chi connectivity index (χ2n) is 9.95. The molecular weight excluding hydrogens is 545 g/mol. The summed E-state index contributed by atoms with van der Waals surface area (Å²) in [5.74, 6) is -2.35. The maximum atomic E-state index is 13.9. The van der Waals surface area contributed by atoms with Gasteiger partial charge in [0.1, 0.15) is 23.2 Å². The summed E-state index contributed by atoms with van der Waals surface area (Å²) in [6, 6.07) is 6.70. The molecule has 2 heterocycles. The number of thioether (sulfide) groups is 1. The summed E-state index contributed by atoms with van der Waals surface area (Å²) in [5, 5.41) is 21.5. The first-order chi connectivity index (χ1) is 19.2. The minimum absolute atomic E-state index is 0.174. The number of amides is 1. The molecule has 0 aliphatic carbocycles. The Morgan fingerprint density at radius 1 is 1.23 bits per heavy atom. The summed E-state index contributed by atoms with van der Waals surface area (Å²) in [4.78, 5) is 19.1. The van der Waals surface area contributed by atoms with E-state index in [1.807, 2.05) is 0 Å². The van der Waals surface area contributed by atoms with Crippen LogP contribution in [-0.4, -0.2) is 58.6 Å². The number of aromatic nitrogens is 1. The van der Waals surface area contributed by atoms with E-state index in [2.05, 4.69) is 9.88 Å². The number of hydrogen-bond acceptors (Lipinski definition) is 8. The lowest BCUT2D eigenvalue weighted by Gasteiger charge is -2.40. The van der Waals surface area contributed by atoms with E-state index >= 15 is 0 Å². The molecule has 4 rings (SSSR count). The van der Waals surface area contributed by atoms with Gasteiger partial charge in [0.2, 0.25) is 5.91 Å². The molecule has 0 saturated carbocycles. The molecule has 8 nitrogen and oxygen atoms in total. The van der Waals surface area contributed by atoms with Crippen LogP contribution in [0.1, 0.15) is 42.9 Å². The van der Waals surface area contributed by atoms with E-state index in [-0.39, 0.29) is 17.9 Å². The molecule has 1 aliphatic rings. The number of carbonyl (C=O) groups excluding carboxylic acids is 1. The monoisotopic (exact) mass is 578 g/mol. The van der Waals surface area contributed by atoms with Crippen LogP contribution in [0.5, 0.6) is 5.75 Å². The second-order valence-corrected chi connectivity index (χ2v) is 11.1. The molecule has 5 N–H and O–H groups in total. The average Bonchev–Trinajstić information content (AvgIpc) is 2.96. The number of aliphatic hydroxyl groups excluding tert-OH is 1. The number of piperidine rings is 1. The number of rotatable bonds is 11. The number of ether oxygens (including phenoxy) is 1. The van der Waals surface area contributed by atoms with E-state index < -0.39 is 34.9 Å². The Morgan fingerprint density at radius 2 is 1.93 bits per heavy atom. The van der Waals surface area contributed by atoms with Crippen molar-refractivity contribution in [2.24, 2.45) is 11.1 Å². The highest BCUT2D eigenvalue weighted by Gasteiger charge is 2.41. The summed E-state index contributed by atoms with van der Waals surface area (Å²) in [5.41, 5.74) is 8.86. The molecule has 3 aromatic rings. The Kier molecular flexibility index (Phi) is 9.90. The Bertz CT molecular complexity index is 1330. The quantitative estimate of drug-likeness (QED) is 0.151. The van der Waals surface area contributed by atoms with Gasteiger partial charge in [0, 0.05) is 42.6 Å². The third kappa shape index (κ3) is 6.52. The van der Waals surface area contributed by atoms with Crippen molar-refractivity contribution in [3.05, 3.63) is 65.1 Å². The highest BCUT2D eigenvalue weighted by atomic mass is 32.2. The van der Waals surface area contributed by atoms with Crippen LogP contribution >= 0.6 is 11.8 Å². The van der Waals surface area contributed by atoms with E-state index in [4.69, 9.17) is 10.5 Å². The van der Waals surface area contributed by atoms with Crippen molar-refractivity contribution in [1.29, 1.82) is 0 Å². The first kappa shape index (κ1) is 30.1. The number of aliphatic hydroxyl groups is 1. The van der Waals surface area contributed by atoms with Crippen LogP contribution in [0, 0.1) is 22.9 Å². The number of likely N-dealkylation sites (tertiary alicyclic amines) is 1. The maximum Gasteiger partial charge on any atom is 0.249 e. The minimum atomic E-state index is -0.963. The van der Waals surface area contributed by atoms with Crippen molar-refractivity contribution in [2.45, 2.75) is 43.2 Å². The van der Waals surface area contributed by atoms with Gasteiger partial charge in [0.05, 0.1) is 29.0 Å². The van der Waals surface area contributed by atoms with Crippen molar-refractivity contribution >= 4 is 28.6 Å². The smallest absolute Gasteiger partial charge is 0.249 e. The number of benzene rings is 2. The number of halogens is 3. The number of nitrogens with one attached hydrogen (secondary N) is 1. The first-order valence-corrected chi connectivity index (χ1v) is 14.0. The molecule has 1 saturated heterocycles. The van der Waals surface area contributed by atoms with E-state index in [0.29, 0.717) is 79.2 Å². The maximum absolute atomic E-state index is 13.9. The SMILES string of the molecule is COc1ccc2ncc(CN)c([C@H](O)CCC3(C(=O)NO)CCN(CCSc4c(F)cc(F)cc4F)CC3)c2c1. The molecule has 0 unspecified atom stereocenters. The Labute approximate surface area is 234 Å². The van der Waals surface area contributed by atoms with Crippen LogP contribution in [0.15, 0.2) is 41.4 Å². The zero-order valence-electron chi connectivity index (χ0n) is 22.1. The van der Waals surface area contributed by atoms with Gasteiger partial charge in [-0.2, -0.15) is 0 Å². The molecule has 1 atom stereocenters. The lowest BCUT2D eigenvalue weighted by Crippen LogP contribution is -2.48. The molecular formula is C28H33F3N4O4S. The van der Waals surface area contributed by atoms with Crippen molar-refractivity contribution < 1.29 is 33.0 Å². The summed E-state index contributed by atoms with van der Waals surface area (Å²) in [6.45, 7) is 1.71. The topological polar surface area (TPSA) is 121 Å². The summed E-state index contributed by atoms with van der Waals surface area (Å²) < 4.78 is 46.4. The van der Waals surface area contributed by atoms with Gasteiger partial charge < -0.3 is 20.5 Å². The largest absolute Gasteiger partial charge is 0.497 e. The number of nitrogens with two attached hydrogens (primary N) is 1. The molecule has 12 heteroatoms. The molecule has 0 spiro atoms. The van der Waals surface area contributed by atoms with Crippen LogP contribution < -0.4 is 16.0 Å². The van der Waals surface area contributed by atoms with Crippen LogP contribution in [0.3, 0.4) is 0 Å². The highest BCUT2D eigenvalue weighted by molar-refractivity contribution is 7.99. The van der Waals surface area contributed by atoms with Crippen molar-refractivity contribution in [3.63, 3.8) is 0 Å². The summed E-state index contributed by atoms with van der Waals surface area (Å²) in [6.07, 6.45) is 2.11. The lowest BCUT2D eigenvalue weighted by molar-refractivity contribution is -0.143. The summed E-state index contributed by atoms with van der Waals surface area (Å²) >= 11 is 0.970. The number of carbonyl (C=O) groups is 1. The zero-order chi connectivity index (χ0) is 28.9. The molecule has 1 aliphatic heterocycles. The predicted molar refractivity (Wildman–Crippen MR) is 145 cm³/mol. The number of fused-ring (bicyclic) bond motifs is 1. The molecule has 2 aromatic carbocycles. The molecule has 1 amide bonds. The molecule has 0 bridgehead atoms. The van der Waals surface area contributed by atoms with Gasteiger partial charge in [-0.25, -0.2) is 18.7 Å². The highest BCUT2D eigenvalue weighted by Crippen LogP contribution is 2.40.